The molecule has 0 aliphatic carbocycles. The highest BCUT2D eigenvalue weighted by atomic mass is 19.1. The summed E-state index contributed by atoms with van der Waals surface area (Å²) in [6.07, 6.45) is 3.49. The van der Waals surface area contributed by atoms with Crippen LogP contribution in [0.5, 0.6) is 0 Å². The minimum Gasteiger partial charge on any atom is -0.463 e. The van der Waals surface area contributed by atoms with Crippen LogP contribution in [0.4, 0.5) is 4.39 Å². The molecule has 3 rings (SSSR count). The van der Waals surface area contributed by atoms with Crippen LogP contribution in [0.2, 0.25) is 0 Å². The van der Waals surface area contributed by atoms with Gasteiger partial charge in [-0.3, -0.25) is 4.57 Å². The molecule has 1 aromatic heterocycles. The van der Waals surface area contributed by atoms with Gasteiger partial charge in [-0.15, -0.1) is 0 Å². The molecule has 1 aliphatic heterocycles. The number of benzene rings is 1. The zero-order chi connectivity index (χ0) is 18.7. The number of hydrogen-bond acceptors (Lipinski definition) is 4. The first-order valence-electron chi connectivity index (χ1n) is 8.15. The van der Waals surface area contributed by atoms with E-state index in [4.69, 9.17) is 9.47 Å². The molecule has 0 radical (unpaired) electrons. The molecule has 132 valence electrons. The van der Waals surface area contributed by atoms with Crippen LogP contribution in [0.15, 0.2) is 65.7 Å². The van der Waals surface area contributed by atoms with Crippen molar-refractivity contribution in [2.45, 2.75) is 19.8 Å². The maximum Gasteiger partial charge on any atom is 0.338 e. The van der Waals surface area contributed by atoms with Gasteiger partial charge in [0, 0.05) is 12.4 Å². The average Bonchev–Trinajstić information content (AvgIpc) is 3.16. The van der Waals surface area contributed by atoms with E-state index in [-0.39, 0.29) is 17.8 Å². The van der Waals surface area contributed by atoms with E-state index >= 15 is 0 Å². The molecule has 26 heavy (non-hydrogen) atoms. The molecular weight excluding hydrogens is 335 g/mol. The summed E-state index contributed by atoms with van der Waals surface area (Å²) < 4.78 is 26.0. The molecule has 0 amide bonds. The van der Waals surface area contributed by atoms with Gasteiger partial charge in [-0.05, 0) is 43.7 Å². The lowest BCUT2D eigenvalue weighted by atomic mass is 9.83. The van der Waals surface area contributed by atoms with Crippen LogP contribution in [-0.4, -0.2) is 17.1 Å². The second-order valence-electron chi connectivity index (χ2n) is 5.70. The number of carbonyl (C=O) groups is 1. The number of ether oxygens (including phenoxy) is 2. The van der Waals surface area contributed by atoms with Crippen molar-refractivity contribution in [3.8, 4) is 6.07 Å². The van der Waals surface area contributed by atoms with Crippen molar-refractivity contribution < 1.29 is 18.7 Å². The van der Waals surface area contributed by atoms with Gasteiger partial charge in [0.05, 0.1) is 18.1 Å². The summed E-state index contributed by atoms with van der Waals surface area (Å²) in [4.78, 5) is 12.5. The molecule has 1 aliphatic rings. The average molecular weight is 352 g/mol. The minimum absolute atomic E-state index is 0.196. The van der Waals surface area contributed by atoms with Crippen molar-refractivity contribution in [2.24, 2.45) is 0 Å². The summed E-state index contributed by atoms with van der Waals surface area (Å²) in [7, 11) is 0. The zero-order valence-corrected chi connectivity index (χ0v) is 14.4. The first-order chi connectivity index (χ1) is 12.6. The topological polar surface area (TPSA) is 64.2 Å². The Kier molecular flexibility index (Phi) is 4.90. The predicted molar refractivity (Wildman–Crippen MR) is 92.8 cm³/mol. The van der Waals surface area contributed by atoms with Crippen molar-refractivity contribution in [2.75, 3.05) is 6.61 Å². The van der Waals surface area contributed by atoms with E-state index < -0.39 is 17.7 Å². The normalized spacial score (nSPS) is 16.9. The first-order valence-corrected chi connectivity index (χ1v) is 8.15. The minimum atomic E-state index is -0.703. The van der Waals surface area contributed by atoms with E-state index in [9.17, 15) is 14.4 Å². The molecule has 0 saturated heterocycles. The molecule has 1 atom stereocenters. The van der Waals surface area contributed by atoms with Crippen molar-refractivity contribution in [1.82, 2.24) is 4.57 Å². The van der Waals surface area contributed by atoms with Crippen LogP contribution in [0, 0.1) is 17.1 Å². The predicted octanol–water partition coefficient (Wildman–Crippen LogP) is 3.97. The zero-order valence-electron chi connectivity index (χ0n) is 14.4. The fraction of sp³-hybridized carbons (Fsp3) is 0.200. The number of hydrogen-bond donors (Lipinski definition) is 0. The van der Waals surface area contributed by atoms with Crippen LogP contribution in [0.1, 0.15) is 25.3 Å². The lowest BCUT2D eigenvalue weighted by Crippen LogP contribution is -2.24. The van der Waals surface area contributed by atoms with Crippen molar-refractivity contribution >= 4 is 11.9 Å². The smallest absolute Gasteiger partial charge is 0.338 e. The van der Waals surface area contributed by atoms with E-state index in [0.29, 0.717) is 17.2 Å². The van der Waals surface area contributed by atoms with Gasteiger partial charge in [-0.2, -0.15) is 5.26 Å². The second-order valence-corrected chi connectivity index (χ2v) is 5.70. The maximum absolute atomic E-state index is 13.4. The Morgan fingerprint density at radius 1 is 1.31 bits per heavy atom. The third-order valence-electron chi connectivity index (χ3n) is 4.09. The number of rotatable bonds is 4. The summed E-state index contributed by atoms with van der Waals surface area (Å²) in [5.74, 6) is -0.991. The third-order valence-corrected chi connectivity index (χ3v) is 4.09. The number of carbonyl (C=O) groups excluding carboxylic acids is 1. The number of nitrogens with zero attached hydrogens (tertiary/aromatic N) is 2. The van der Waals surface area contributed by atoms with Crippen molar-refractivity contribution in [3.63, 3.8) is 0 Å². The summed E-state index contributed by atoms with van der Waals surface area (Å²) in [5, 5.41) is 9.81. The molecule has 0 unspecified atom stereocenters. The molecule has 5 nitrogen and oxygen atoms in total. The van der Waals surface area contributed by atoms with E-state index in [1.54, 1.807) is 55.1 Å². The quantitative estimate of drug-likeness (QED) is 0.781. The molecular formula is C20H17FN2O3. The highest BCUT2D eigenvalue weighted by Gasteiger charge is 2.37. The monoisotopic (exact) mass is 352 g/mol. The number of nitriles is 1. The number of aromatic nitrogens is 1. The summed E-state index contributed by atoms with van der Waals surface area (Å²) in [6, 6.07) is 11.5. The first kappa shape index (κ1) is 17.5. The third kappa shape index (κ3) is 3.11. The number of halogens is 1. The van der Waals surface area contributed by atoms with Crippen LogP contribution in [-0.2, 0) is 14.3 Å². The van der Waals surface area contributed by atoms with E-state index in [1.165, 1.54) is 12.1 Å². The standard InChI is InChI=1S/C20H17FN2O3/c1-3-25-20(24)17-13(2)26-19(23-10-4-5-11-23)16(12-22)18(17)14-6-8-15(21)9-7-14/h4-11,18H,3H2,1-2H3/t18-/m0/s1. The lowest BCUT2D eigenvalue weighted by molar-refractivity contribution is -0.139. The van der Waals surface area contributed by atoms with Gasteiger partial charge in [0.1, 0.15) is 23.2 Å². The van der Waals surface area contributed by atoms with Gasteiger partial charge in [0.2, 0.25) is 5.88 Å². The van der Waals surface area contributed by atoms with Gasteiger partial charge in [-0.25, -0.2) is 9.18 Å². The molecule has 2 heterocycles. The Balaban J connectivity index is 2.20. The van der Waals surface area contributed by atoms with E-state index in [1.807, 2.05) is 0 Å². The highest BCUT2D eigenvalue weighted by molar-refractivity contribution is 5.93. The second kappa shape index (κ2) is 7.28. The van der Waals surface area contributed by atoms with Gasteiger partial charge in [0.25, 0.3) is 0 Å². The SMILES string of the molecule is CCOC(=O)C1=C(C)OC(n2cccc2)=C(C#N)[C@@H]1c1ccc(F)cc1. The number of esters is 1. The number of allylic oxidation sites excluding steroid dienone is 2. The summed E-state index contributed by atoms with van der Waals surface area (Å²) >= 11 is 0. The van der Waals surface area contributed by atoms with Gasteiger partial charge >= 0.3 is 5.97 Å². The van der Waals surface area contributed by atoms with E-state index in [2.05, 4.69) is 6.07 Å². The van der Waals surface area contributed by atoms with Gasteiger partial charge in [-0.1, -0.05) is 12.1 Å². The molecule has 2 aromatic rings. The molecule has 6 heteroatoms. The Hall–Kier alpha value is -3.33. The van der Waals surface area contributed by atoms with Crippen molar-refractivity contribution in [1.29, 1.82) is 5.26 Å². The maximum atomic E-state index is 13.4. The van der Waals surface area contributed by atoms with Gasteiger partial charge in [0.15, 0.2) is 0 Å². The molecule has 0 saturated carbocycles. The molecule has 0 fully saturated rings. The van der Waals surface area contributed by atoms with Crippen molar-refractivity contribution in [3.05, 3.63) is 77.1 Å². The lowest BCUT2D eigenvalue weighted by Gasteiger charge is -2.28. The molecule has 0 N–H and O–H groups in total. The largest absolute Gasteiger partial charge is 0.463 e. The Morgan fingerprint density at radius 3 is 2.54 bits per heavy atom. The fourth-order valence-corrected chi connectivity index (χ4v) is 2.96. The summed E-state index contributed by atoms with van der Waals surface area (Å²) in [6.45, 7) is 3.55. The molecule has 0 bridgehead atoms. The Labute approximate surface area is 150 Å². The van der Waals surface area contributed by atoms with E-state index in [0.717, 1.165) is 0 Å². The molecule has 1 aromatic carbocycles. The fourth-order valence-electron chi connectivity index (χ4n) is 2.96. The Bertz CT molecular complexity index is 919. The summed E-state index contributed by atoms with van der Waals surface area (Å²) in [5.41, 5.74) is 1.10. The van der Waals surface area contributed by atoms with Crippen LogP contribution >= 0.6 is 0 Å². The highest BCUT2D eigenvalue weighted by Crippen LogP contribution is 2.42. The van der Waals surface area contributed by atoms with Crippen LogP contribution < -0.4 is 0 Å². The van der Waals surface area contributed by atoms with Crippen LogP contribution in [0.3, 0.4) is 0 Å². The van der Waals surface area contributed by atoms with Crippen LogP contribution in [0.25, 0.3) is 5.88 Å². The Morgan fingerprint density at radius 2 is 1.96 bits per heavy atom. The van der Waals surface area contributed by atoms with Gasteiger partial charge < -0.3 is 9.47 Å². The molecule has 0 spiro atoms.